The minimum atomic E-state index is -0.637. The van der Waals surface area contributed by atoms with Crippen molar-refractivity contribution < 1.29 is 18.7 Å². The Kier molecular flexibility index (Phi) is 5.57. The highest BCUT2D eigenvalue weighted by molar-refractivity contribution is 9.10. The van der Waals surface area contributed by atoms with Gasteiger partial charge in [0.15, 0.2) is 0 Å². The van der Waals surface area contributed by atoms with E-state index in [-0.39, 0.29) is 34.7 Å². The number of pyridine rings is 1. The second-order valence-corrected chi connectivity index (χ2v) is 9.07. The molecule has 3 aromatic rings. The fraction of sp³-hybridized carbons (Fsp3) is 0.318. The number of rotatable bonds is 4. The van der Waals surface area contributed by atoms with Crippen molar-refractivity contribution in [3.05, 3.63) is 64.3 Å². The number of anilines is 1. The van der Waals surface area contributed by atoms with E-state index in [1.807, 2.05) is 13.8 Å². The fourth-order valence-corrected chi connectivity index (χ4v) is 3.95. The maximum Gasteiger partial charge on any atom is 0.274 e. The number of fused-ring (bicyclic) bond motifs is 1. The van der Waals surface area contributed by atoms with Crippen LogP contribution in [0.4, 0.5) is 10.1 Å². The van der Waals surface area contributed by atoms with Gasteiger partial charge in [0.05, 0.1) is 17.5 Å². The highest BCUT2D eigenvalue weighted by Crippen LogP contribution is 2.31. The van der Waals surface area contributed by atoms with Gasteiger partial charge in [0.2, 0.25) is 0 Å². The zero-order valence-corrected chi connectivity index (χ0v) is 18.9. The predicted molar refractivity (Wildman–Crippen MR) is 118 cm³/mol. The lowest BCUT2D eigenvalue weighted by Crippen LogP contribution is -2.38. The third-order valence-corrected chi connectivity index (χ3v) is 5.86. The van der Waals surface area contributed by atoms with Crippen molar-refractivity contribution in [1.82, 2.24) is 14.3 Å². The lowest BCUT2D eigenvalue weighted by Gasteiger charge is -2.27. The molecule has 1 saturated heterocycles. The molecule has 1 aromatic carbocycles. The van der Waals surface area contributed by atoms with Crippen LogP contribution in [0.1, 0.15) is 47.5 Å². The molecule has 1 atom stereocenters. The van der Waals surface area contributed by atoms with Crippen LogP contribution in [0.15, 0.2) is 47.2 Å². The molecule has 0 spiro atoms. The number of benzene rings is 1. The minimum absolute atomic E-state index is 0.0796. The average Bonchev–Trinajstić information content (AvgIpc) is 3.30. The van der Waals surface area contributed by atoms with Crippen LogP contribution < -0.4 is 5.32 Å². The molecule has 2 amide bonds. The summed E-state index contributed by atoms with van der Waals surface area (Å²) in [5.41, 5.74) is 0.714. The van der Waals surface area contributed by atoms with Crippen molar-refractivity contribution >= 4 is 39.1 Å². The normalized spacial score (nSPS) is 17.6. The molecule has 1 aliphatic heterocycles. The standard InChI is InChI=1S/C22H22BrFN4O3/c1-22(2)8-6-19(31-22)27(3)21(30)13-4-5-15(24)16(10-13)26-20(29)17-12-25-18-11-14(23)7-9-28(17)18/h4-5,7,9-12,19H,6,8H2,1-3H3,(H,26,29)/t19-/m0/s1. The van der Waals surface area contributed by atoms with Crippen LogP contribution in [0.25, 0.3) is 5.65 Å². The number of nitrogens with one attached hydrogen (secondary N) is 1. The summed E-state index contributed by atoms with van der Waals surface area (Å²) in [7, 11) is 1.66. The Morgan fingerprint density at radius 2 is 2.10 bits per heavy atom. The van der Waals surface area contributed by atoms with Gasteiger partial charge in [-0.1, -0.05) is 15.9 Å². The van der Waals surface area contributed by atoms with E-state index in [4.69, 9.17) is 4.74 Å². The Balaban J connectivity index is 1.55. The lowest BCUT2D eigenvalue weighted by molar-refractivity contribution is -0.0707. The largest absolute Gasteiger partial charge is 0.352 e. The van der Waals surface area contributed by atoms with Gasteiger partial charge in [-0.05, 0) is 57.0 Å². The molecule has 1 N–H and O–H groups in total. The second-order valence-electron chi connectivity index (χ2n) is 8.15. The van der Waals surface area contributed by atoms with Crippen molar-refractivity contribution in [2.75, 3.05) is 12.4 Å². The summed E-state index contributed by atoms with van der Waals surface area (Å²) < 4.78 is 22.8. The molecule has 0 saturated carbocycles. The molecule has 1 fully saturated rings. The van der Waals surface area contributed by atoms with E-state index in [0.717, 1.165) is 17.3 Å². The van der Waals surface area contributed by atoms with Crippen LogP contribution in [-0.4, -0.2) is 45.0 Å². The summed E-state index contributed by atoms with van der Waals surface area (Å²) >= 11 is 3.36. The van der Waals surface area contributed by atoms with Crippen molar-refractivity contribution in [3.63, 3.8) is 0 Å². The van der Waals surface area contributed by atoms with E-state index < -0.39 is 11.7 Å². The molecule has 31 heavy (non-hydrogen) atoms. The van der Waals surface area contributed by atoms with E-state index in [9.17, 15) is 14.0 Å². The Morgan fingerprint density at radius 1 is 1.32 bits per heavy atom. The number of amides is 2. The Morgan fingerprint density at radius 3 is 2.81 bits per heavy atom. The van der Waals surface area contributed by atoms with Crippen LogP contribution >= 0.6 is 15.9 Å². The number of aromatic nitrogens is 2. The Bertz CT molecular complexity index is 1180. The topological polar surface area (TPSA) is 75.9 Å². The molecule has 2 aromatic heterocycles. The van der Waals surface area contributed by atoms with Gasteiger partial charge >= 0.3 is 0 Å². The number of carbonyl (C=O) groups excluding carboxylic acids is 2. The Hall–Kier alpha value is -2.78. The van der Waals surface area contributed by atoms with Crippen molar-refractivity contribution in [2.24, 2.45) is 0 Å². The van der Waals surface area contributed by atoms with Gasteiger partial charge < -0.3 is 15.0 Å². The van der Waals surface area contributed by atoms with Gasteiger partial charge in [-0.3, -0.25) is 14.0 Å². The molecule has 1 aliphatic rings. The third kappa shape index (κ3) is 4.33. The van der Waals surface area contributed by atoms with Gasteiger partial charge in [-0.15, -0.1) is 0 Å². The van der Waals surface area contributed by atoms with Crippen LogP contribution in [0.2, 0.25) is 0 Å². The minimum Gasteiger partial charge on any atom is -0.352 e. The van der Waals surface area contributed by atoms with E-state index in [1.165, 1.54) is 29.3 Å². The van der Waals surface area contributed by atoms with E-state index in [2.05, 4.69) is 26.2 Å². The molecule has 0 unspecified atom stereocenters. The monoisotopic (exact) mass is 488 g/mol. The van der Waals surface area contributed by atoms with E-state index in [0.29, 0.717) is 5.65 Å². The maximum absolute atomic E-state index is 14.4. The highest BCUT2D eigenvalue weighted by atomic mass is 79.9. The number of carbonyl (C=O) groups is 2. The Labute approximate surface area is 187 Å². The zero-order chi connectivity index (χ0) is 22.3. The molecule has 0 aliphatic carbocycles. The smallest absolute Gasteiger partial charge is 0.274 e. The summed E-state index contributed by atoms with van der Waals surface area (Å²) in [6.07, 6.45) is 4.33. The van der Waals surface area contributed by atoms with Crippen LogP contribution in [-0.2, 0) is 4.74 Å². The van der Waals surface area contributed by atoms with Crippen molar-refractivity contribution in [2.45, 2.75) is 38.5 Å². The summed E-state index contributed by atoms with van der Waals surface area (Å²) in [5.74, 6) is -1.48. The first-order valence-corrected chi connectivity index (χ1v) is 10.6. The summed E-state index contributed by atoms with van der Waals surface area (Å²) in [6, 6.07) is 7.44. The van der Waals surface area contributed by atoms with Crippen LogP contribution in [0.5, 0.6) is 0 Å². The highest BCUT2D eigenvalue weighted by Gasteiger charge is 2.35. The number of ether oxygens (including phenoxy) is 1. The van der Waals surface area contributed by atoms with E-state index >= 15 is 0 Å². The molecule has 162 valence electrons. The molecule has 3 heterocycles. The molecular formula is C22H22BrFN4O3. The lowest BCUT2D eigenvalue weighted by atomic mass is 10.1. The van der Waals surface area contributed by atoms with Crippen molar-refractivity contribution in [3.8, 4) is 0 Å². The number of hydrogen-bond acceptors (Lipinski definition) is 4. The van der Waals surface area contributed by atoms with Gasteiger partial charge in [0.25, 0.3) is 11.8 Å². The molecule has 0 radical (unpaired) electrons. The first-order valence-electron chi connectivity index (χ1n) is 9.83. The molecule has 9 heteroatoms. The van der Waals surface area contributed by atoms with Gasteiger partial charge in [-0.2, -0.15) is 0 Å². The molecule has 7 nitrogen and oxygen atoms in total. The maximum atomic E-state index is 14.4. The zero-order valence-electron chi connectivity index (χ0n) is 17.4. The number of hydrogen-bond donors (Lipinski definition) is 1. The third-order valence-electron chi connectivity index (χ3n) is 5.37. The molecule has 4 rings (SSSR count). The summed E-state index contributed by atoms with van der Waals surface area (Å²) in [4.78, 5) is 31.4. The fourth-order valence-electron chi connectivity index (χ4n) is 3.63. The summed E-state index contributed by atoms with van der Waals surface area (Å²) in [5, 5.41) is 2.55. The summed E-state index contributed by atoms with van der Waals surface area (Å²) in [6.45, 7) is 3.96. The molecule has 0 bridgehead atoms. The van der Waals surface area contributed by atoms with Crippen LogP contribution in [0.3, 0.4) is 0 Å². The first kappa shape index (κ1) is 21.5. The molecular weight excluding hydrogens is 467 g/mol. The second kappa shape index (κ2) is 8.05. The van der Waals surface area contributed by atoms with Gasteiger partial charge in [0, 0.05) is 23.3 Å². The number of halogens is 2. The average molecular weight is 489 g/mol. The van der Waals surface area contributed by atoms with Gasteiger partial charge in [-0.25, -0.2) is 9.37 Å². The quantitative estimate of drug-likeness (QED) is 0.587. The SMILES string of the molecule is CN(C(=O)c1ccc(F)c(NC(=O)c2cnc3cc(Br)ccn23)c1)[C@@H]1CCC(C)(C)O1. The van der Waals surface area contributed by atoms with Crippen molar-refractivity contribution in [1.29, 1.82) is 0 Å². The van der Waals surface area contributed by atoms with E-state index in [1.54, 1.807) is 29.8 Å². The first-order chi connectivity index (χ1) is 14.6. The van der Waals surface area contributed by atoms with Gasteiger partial charge in [0.1, 0.15) is 23.4 Å². The van der Waals surface area contributed by atoms with Crippen LogP contribution in [0, 0.1) is 5.82 Å². The number of nitrogens with zero attached hydrogens (tertiary/aromatic N) is 3. The predicted octanol–water partition coefficient (Wildman–Crippen LogP) is 4.48. The number of imidazole rings is 1.